The van der Waals surface area contributed by atoms with Crippen LogP contribution >= 0.6 is 0 Å². The quantitative estimate of drug-likeness (QED) is 0.323. The lowest BCUT2D eigenvalue weighted by atomic mass is 10.1. The number of nitrogens with zero attached hydrogens (tertiary/aromatic N) is 5. The van der Waals surface area contributed by atoms with Crippen LogP contribution in [0.4, 0.5) is 5.82 Å². The largest absolute Gasteiger partial charge is 0.387 e. The second-order valence-corrected chi connectivity index (χ2v) is 8.34. The van der Waals surface area contributed by atoms with Crippen LogP contribution < -0.4 is 10.5 Å². The molecule has 14 nitrogen and oxygen atoms in total. The third kappa shape index (κ3) is 4.46. The number of nitrogens with one attached hydrogen (secondary N) is 1. The number of ether oxygens (including phenoxy) is 1. The van der Waals surface area contributed by atoms with Crippen LogP contribution in [0.1, 0.15) is 22.1 Å². The molecule has 3 aromatic rings. The highest BCUT2D eigenvalue weighted by Gasteiger charge is 2.45. The number of carbonyl (C=O) groups is 1. The summed E-state index contributed by atoms with van der Waals surface area (Å²) in [4.78, 5) is 24.1. The fourth-order valence-corrected chi connectivity index (χ4v) is 3.96. The van der Waals surface area contributed by atoms with Gasteiger partial charge in [-0.3, -0.25) is 13.5 Å². The number of benzene rings is 1. The number of nitriles is 1. The Kier molecular flexibility index (Phi) is 5.93. The van der Waals surface area contributed by atoms with E-state index in [1.54, 1.807) is 4.72 Å². The van der Waals surface area contributed by atoms with E-state index in [-0.39, 0.29) is 28.1 Å². The highest BCUT2D eigenvalue weighted by molar-refractivity contribution is 7.85. The highest BCUT2D eigenvalue weighted by atomic mass is 32.2. The van der Waals surface area contributed by atoms with E-state index in [0.29, 0.717) is 0 Å². The molecule has 4 rings (SSSR count). The summed E-state index contributed by atoms with van der Waals surface area (Å²) in [5.41, 5.74) is 6.33. The van der Waals surface area contributed by atoms with Crippen molar-refractivity contribution in [3.05, 3.63) is 48.0 Å². The minimum absolute atomic E-state index is 0.0675. The molecule has 0 unspecified atom stereocenters. The van der Waals surface area contributed by atoms with Gasteiger partial charge in [-0.25, -0.2) is 19.7 Å². The predicted molar refractivity (Wildman–Crippen MR) is 109 cm³/mol. The van der Waals surface area contributed by atoms with E-state index in [2.05, 4.69) is 15.0 Å². The standard InChI is InChI=1S/C18H17N7O7S/c19-5-9-2-1-3-10(4-9)17(28)24-33(29,30)31-6-11-13(26)14(27)18(32-11)25-8-23-12-15(20)21-7-22-16(12)25/h1-4,7-8,11,13-14,18,26-27H,6H2,(H,24,28)(H2,20,21,22)/t11-,13-,14-,18-/m1/s1. The van der Waals surface area contributed by atoms with Crippen LogP contribution in [-0.4, -0.2) is 69.0 Å². The number of aliphatic hydroxyl groups excluding tert-OH is 2. The van der Waals surface area contributed by atoms with Crippen LogP contribution in [0.15, 0.2) is 36.9 Å². The third-order valence-corrected chi connectivity index (χ3v) is 5.74. The molecular weight excluding hydrogens is 458 g/mol. The Labute approximate surface area is 186 Å². The van der Waals surface area contributed by atoms with Gasteiger partial charge in [0.2, 0.25) is 0 Å². The molecule has 2 aromatic heterocycles. The molecule has 1 aromatic carbocycles. The van der Waals surface area contributed by atoms with Crippen molar-refractivity contribution < 1.29 is 32.3 Å². The first kappa shape index (κ1) is 22.5. The molecule has 0 radical (unpaired) electrons. The van der Waals surface area contributed by atoms with Gasteiger partial charge in [-0.1, -0.05) is 6.07 Å². The molecule has 33 heavy (non-hydrogen) atoms. The number of rotatable bonds is 6. The lowest BCUT2D eigenvalue weighted by Crippen LogP contribution is -2.37. The number of fused-ring (bicyclic) bond motifs is 1. The average Bonchev–Trinajstić information content (AvgIpc) is 3.34. The van der Waals surface area contributed by atoms with E-state index in [1.807, 2.05) is 6.07 Å². The second-order valence-electron chi connectivity index (χ2n) is 6.99. The van der Waals surface area contributed by atoms with Crippen molar-refractivity contribution >= 4 is 33.2 Å². The van der Waals surface area contributed by atoms with Crippen molar-refractivity contribution in [2.24, 2.45) is 0 Å². The highest BCUT2D eigenvalue weighted by Crippen LogP contribution is 2.32. The van der Waals surface area contributed by atoms with Crippen LogP contribution in [0.25, 0.3) is 11.2 Å². The summed E-state index contributed by atoms with van der Waals surface area (Å²) in [6.45, 7) is -0.709. The molecule has 0 aliphatic carbocycles. The number of hydrogen-bond acceptors (Lipinski definition) is 12. The Balaban J connectivity index is 1.43. The summed E-state index contributed by atoms with van der Waals surface area (Å²) < 4.78 is 37.7. The monoisotopic (exact) mass is 475 g/mol. The summed E-state index contributed by atoms with van der Waals surface area (Å²) in [6.07, 6.45) is -2.96. The van der Waals surface area contributed by atoms with Crippen molar-refractivity contribution in [3.63, 3.8) is 0 Å². The van der Waals surface area contributed by atoms with E-state index >= 15 is 0 Å². The molecule has 1 amide bonds. The number of anilines is 1. The van der Waals surface area contributed by atoms with Crippen LogP contribution in [0.2, 0.25) is 0 Å². The van der Waals surface area contributed by atoms with Crippen LogP contribution in [0, 0.1) is 11.3 Å². The fraction of sp³-hybridized carbons (Fsp3) is 0.278. The maximum Gasteiger partial charge on any atom is 0.362 e. The third-order valence-electron chi connectivity index (χ3n) is 4.86. The van der Waals surface area contributed by atoms with Gasteiger partial charge in [-0.2, -0.15) is 13.7 Å². The van der Waals surface area contributed by atoms with Gasteiger partial charge in [0.1, 0.15) is 30.2 Å². The minimum atomic E-state index is -4.60. The maximum atomic E-state index is 12.2. The molecule has 1 fully saturated rings. The molecule has 0 saturated carbocycles. The predicted octanol–water partition coefficient (Wildman–Crippen LogP) is -1.41. The molecule has 0 bridgehead atoms. The van der Waals surface area contributed by atoms with E-state index in [4.69, 9.17) is 19.9 Å². The summed E-state index contributed by atoms with van der Waals surface area (Å²) in [6, 6.07) is 7.24. The first-order chi connectivity index (χ1) is 15.7. The number of aliphatic hydroxyl groups is 2. The topological polar surface area (TPSA) is 216 Å². The average molecular weight is 475 g/mol. The van der Waals surface area contributed by atoms with Crippen molar-refractivity contribution in [1.29, 1.82) is 5.26 Å². The van der Waals surface area contributed by atoms with Crippen molar-refractivity contribution in [2.45, 2.75) is 24.5 Å². The Hall–Kier alpha value is -3.68. The second kappa shape index (κ2) is 8.69. The van der Waals surface area contributed by atoms with E-state index < -0.39 is 47.4 Å². The number of carbonyl (C=O) groups excluding carboxylic acids is 1. The SMILES string of the molecule is N#Cc1cccc(C(=O)NS(=O)(=O)OC[C@H]2O[C@@H](n3cnc4c(N)ncnc43)[C@H](O)[C@@H]2O)c1. The molecule has 172 valence electrons. The Morgan fingerprint density at radius 2 is 2.09 bits per heavy atom. The van der Waals surface area contributed by atoms with E-state index in [0.717, 1.165) is 0 Å². The molecule has 3 heterocycles. The van der Waals surface area contributed by atoms with Gasteiger partial charge in [0.05, 0.1) is 24.6 Å². The zero-order chi connectivity index (χ0) is 23.8. The summed E-state index contributed by atoms with van der Waals surface area (Å²) in [7, 11) is -4.60. The van der Waals surface area contributed by atoms with Gasteiger partial charge in [0.25, 0.3) is 5.91 Å². The Morgan fingerprint density at radius 3 is 2.85 bits per heavy atom. The molecule has 15 heteroatoms. The molecule has 4 atom stereocenters. The first-order valence-corrected chi connectivity index (χ1v) is 10.8. The van der Waals surface area contributed by atoms with E-state index in [9.17, 15) is 23.4 Å². The van der Waals surface area contributed by atoms with E-state index in [1.165, 1.54) is 41.5 Å². The van der Waals surface area contributed by atoms with Crippen LogP contribution in [-0.2, 0) is 19.2 Å². The van der Waals surface area contributed by atoms with Crippen LogP contribution in [0.5, 0.6) is 0 Å². The summed E-state index contributed by atoms with van der Waals surface area (Å²) in [5, 5.41) is 29.6. The summed E-state index contributed by atoms with van der Waals surface area (Å²) >= 11 is 0. The van der Waals surface area contributed by atoms with Gasteiger partial charge >= 0.3 is 10.3 Å². The Bertz CT molecular complexity index is 1350. The van der Waals surface area contributed by atoms with Gasteiger partial charge in [-0.05, 0) is 18.2 Å². The number of amides is 1. The van der Waals surface area contributed by atoms with Crippen molar-refractivity contribution in [1.82, 2.24) is 24.2 Å². The molecule has 1 saturated heterocycles. The number of hydrogen-bond donors (Lipinski definition) is 4. The normalized spacial score (nSPS) is 22.8. The van der Waals surface area contributed by atoms with Crippen molar-refractivity contribution in [3.8, 4) is 6.07 Å². The summed E-state index contributed by atoms with van der Waals surface area (Å²) in [5.74, 6) is -0.908. The lowest BCUT2D eigenvalue weighted by Gasteiger charge is -2.16. The first-order valence-electron chi connectivity index (χ1n) is 9.36. The minimum Gasteiger partial charge on any atom is -0.387 e. The number of nitrogens with two attached hydrogens (primary N) is 1. The van der Waals surface area contributed by atoms with Crippen LogP contribution in [0.3, 0.4) is 0 Å². The Morgan fingerprint density at radius 1 is 1.30 bits per heavy atom. The zero-order valence-corrected chi connectivity index (χ0v) is 17.5. The zero-order valence-electron chi connectivity index (χ0n) is 16.6. The van der Waals surface area contributed by atoms with Gasteiger partial charge in [-0.15, -0.1) is 0 Å². The van der Waals surface area contributed by atoms with Gasteiger partial charge < -0.3 is 20.7 Å². The molecule has 1 aliphatic heterocycles. The molecule has 0 spiro atoms. The number of nitrogen functional groups attached to an aromatic ring is 1. The number of aromatic nitrogens is 4. The molecule has 1 aliphatic rings. The number of imidazole rings is 1. The molecular formula is C18H17N7O7S. The van der Waals surface area contributed by atoms with Crippen molar-refractivity contribution in [2.75, 3.05) is 12.3 Å². The lowest BCUT2D eigenvalue weighted by molar-refractivity contribution is -0.0468. The molecule has 5 N–H and O–H groups in total. The maximum absolute atomic E-state index is 12.2. The fourth-order valence-electron chi connectivity index (χ4n) is 3.24. The smallest absolute Gasteiger partial charge is 0.362 e. The van der Waals surface area contributed by atoms with Gasteiger partial charge in [0.15, 0.2) is 17.7 Å². The van der Waals surface area contributed by atoms with Gasteiger partial charge in [0, 0.05) is 5.56 Å².